The van der Waals surface area contributed by atoms with Crippen LogP contribution in [-0.4, -0.2) is 27.7 Å². The maximum atomic E-state index is 12.4. The molecule has 0 spiro atoms. The van der Waals surface area contributed by atoms with E-state index in [-0.39, 0.29) is 10.9 Å². The molecule has 0 fully saturated rings. The fraction of sp³-hybridized carbons (Fsp3) is 0.250. The van der Waals surface area contributed by atoms with Gasteiger partial charge in [0.05, 0.1) is 13.3 Å². The number of aryl methyl sites for hydroxylation is 1. The third kappa shape index (κ3) is 2.22. The lowest BCUT2D eigenvalue weighted by molar-refractivity contribution is 0.102. The number of methoxy groups -OCH3 is 1. The van der Waals surface area contributed by atoms with Gasteiger partial charge in [0, 0.05) is 18.3 Å². The zero-order valence-electron chi connectivity index (χ0n) is 10.1. The zero-order valence-corrected chi connectivity index (χ0v) is 10.8. The quantitative estimate of drug-likeness (QED) is 0.628. The average molecular weight is 266 g/mol. The van der Waals surface area contributed by atoms with Gasteiger partial charge >= 0.3 is 0 Å². The zero-order chi connectivity index (χ0) is 13.1. The Balaban J connectivity index is 2.48. The predicted molar refractivity (Wildman–Crippen MR) is 67.1 cm³/mol. The van der Waals surface area contributed by atoms with Crippen molar-refractivity contribution in [1.29, 1.82) is 0 Å². The first-order chi connectivity index (χ1) is 8.67. The Hall–Kier alpha value is -1.88. The summed E-state index contributed by atoms with van der Waals surface area (Å²) in [5, 5.41) is 4.38. The molecule has 0 unspecified atom stereocenters. The lowest BCUT2D eigenvalue weighted by Gasteiger charge is -2.06. The fourth-order valence-electron chi connectivity index (χ4n) is 1.67. The highest BCUT2D eigenvalue weighted by atomic mass is 35.5. The molecule has 0 aliphatic heterocycles. The highest BCUT2D eigenvalue weighted by Gasteiger charge is 2.20. The van der Waals surface area contributed by atoms with Crippen molar-refractivity contribution in [2.75, 3.05) is 7.11 Å². The van der Waals surface area contributed by atoms with Crippen LogP contribution in [0.25, 0.3) is 0 Å². The van der Waals surface area contributed by atoms with E-state index in [9.17, 15) is 4.79 Å². The van der Waals surface area contributed by atoms with Gasteiger partial charge in [-0.15, -0.1) is 0 Å². The number of pyridine rings is 1. The maximum absolute atomic E-state index is 12.4. The second-order valence-corrected chi connectivity index (χ2v) is 3.96. The number of rotatable bonds is 4. The maximum Gasteiger partial charge on any atom is 0.215 e. The summed E-state index contributed by atoms with van der Waals surface area (Å²) in [5.74, 6) is 0.269. The molecule has 0 saturated heterocycles. The normalized spacial score (nSPS) is 10.4. The van der Waals surface area contributed by atoms with Crippen molar-refractivity contribution in [2.45, 2.75) is 13.5 Å². The van der Waals surface area contributed by atoms with Gasteiger partial charge in [0.2, 0.25) is 5.78 Å². The second-order valence-electron chi connectivity index (χ2n) is 3.57. The van der Waals surface area contributed by atoms with Crippen LogP contribution >= 0.6 is 11.6 Å². The molecule has 18 heavy (non-hydrogen) atoms. The summed E-state index contributed by atoms with van der Waals surface area (Å²) >= 11 is 5.78. The molecule has 0 aliphatic rings. The molecule has 0 saturated carbocycles. The lowest BCUT2D eigenvalue weighted by Crippen LogP contribution is -2.11. The van der Waals surface area contributed by atoms with Crippen LogP contribution in [0, 0.1) is 0 Å². The van der Waals surface area contributed by atoms with Crippen molar-refractivity contribution in [3.05, 3.63) is 40.9 Å². The van der Waals surface area contributed by atoms with Crippen LogP contribution in [0.2, 0.25) is 5.15 Å². The molecule has 94 valence electrons. The molecule has 0 radical (unpaired) electrons. The molecule has 0 aromatic carbocycles. The SMILES string of the molecule is CCn1ncc(OC)c1C(=O)c1ccnc(Cl)c1. The van der Waals surface area contributed by atoms with Crippen molar-refractivity contribution in [3.63, 3.8) is 0 Å². The number of nitrogens with zero attached hydrogens (tertiary/aromatic N) is 3. The van der Waals surface area contributed by atoms with E-state index in [1.165, 1.54) is 25.6 Å². The van der Waals surface area contributed by atoms with E-state index < -0.39 is 0 Å². The molecule has 0 aliphatic carbocycles. The van der Waals surface area contributed by atoms with Crippen molar-refractivity contribution < 1.29 is 9.53 Å². The van der Waals surface area contributed by atoms with Crippen LogP contribution in [0.5, 0.6) is 5.75 Å². The molecular formula is C12H12ClN3O2. The molecule has 0 amide bonds. The lowest BCUT2D eigenvalue weighted by atomic mass is 10.1. The topological polar surface area (TPSA) is 57.0 Å². The third-order valence-electron chi connectivity index (χ3n) is 2.53. The standard InChI is InChI=1S/C12H12ClN3O2/c1-3-16-11(9(18-2)7-15-16)12(17)8-4-5-14-10(13)6-8/h4-7H,3H2,1-2H3. The van der Waals surface area contributed by atoms with Crippen molar-refractivity contribution in [3.8, 4) is 5.75 Å². The van der Waals surface area contributed by atoms with Crippen LogP contribution in [0.1, 0.15) is 23.0 Å². The molecule has 5 nitrogen and oxygen atoms in total. The number of aromatic nitrogens is 3. The molecule has 2 aromatic heterocycles. The molecule has 2 heterocycles. The minimum Gasteiger partial charge on any atom is -0.493 e. The highest BCUT2D eigenvalue weighted by Crippen LogP contribution is 2.22. The Bertz CT molecular complexity index is 559. The summed E-state index contributed by atoms with van der Waals surface area (Å²) in [6.07, 6.45) is 3.02. The van der Waals surface area contributed by atoms with E-state index in [1.807, 2.05) is 6.92 Å². The summed E-state index contributed by atoms with van der Waals surface area (Å²) in [6.45, 7) is 2.49. The molecule has 6 heteroatoms. The second kappa shape index (κ2) is 5.18. The van der Waals surface area contributed by atoms with E-state index in [1.54, 1.807) is 10.7 Å². The molecular weight excluding hydrogens is 254 g/mol. The van der Waals surface area contributed by atoms with Crippen molar-refractivity contribution in [2.24, 2.45) is 0 Å². The molecule has 2 rings (SSSR count). The smallest absolute Gasteiger partial charge is 0.215 e. The Morgan fingerprint density at radius 1 is 1.56 bits per heavy atom. The van der Waals surface area contributed by atoms with Crippen molar-refractivity contribution >= 4 is 17.4 Å². The van der Waals surface area contributed by atoms with Gasteiger partial charge < -0.3 is 4.74 Å². The third-order valence-corrected chi connectivity index (χ3v) is 2.74. The van der Waals surface area contributed by atoms with Gasteiger partial charge in [0.25, 0.3) is 0 Å². The molecule has 0 atom stereocenters. The summed E-state index contributed by atoms with van der Waals surface area (Å²) in [4.78, 5) is 16.2. The van der Waals surface area contributed by atoms with Gasteiger partial charge in [-0.1, -0.05) is 11.6 Å². The number of hydrogen-bond acceptors (Lipinski definition) is 4. The van der Waals surface area contributed by atoms with Crippen LogP contribution < -0.4 is 4.74 Å². The average Bonchev–Trinajstić information content (AvgIpc) is 2.80. The first-order valence-corrected chi connectivity index (χ1v) is 5.81. The Morgan fingerprint density at radius 2 is 2.33 bits per heavy atom. The number of hydrogen-bond donors (Lipinski definition) is 0. The van der Waals surface area contributed by atoms with Crippen LogP contribution in [-0.2, 0) is 6.54 Å². The number of halogens is 1. The van der Waals surface area contributed by atoms with Crippen LogP contribution in [0.4, 0.5) is 0 Å². The number of ether oxygens (including phenoxy) is 1. The summed E-state index contributed by atoms with van der Waals surface area (Å²) in [5.41, 5.74) is 0.880. The van der Waals surface area contributed by atoms with Gasteiger partial charge in [0.15, 0.2) is 11.4 Å². The molecule has 0 bridgehead atoms. The van der Waals surface area contributed by atoms with E-state index >= 15 is 0 Å². The van der Waals surface area contributed by atoms with Crippen LogP contribution in [0.3, 0.4) is 0 Å². The Kier molecular flexibility index (Phi) is 3.62. The number of carbonyl (C=O) groups is 1. The minimum atomic E-state index is -0.185. The Labute approximate surface area is 109 Å². The molecule has 2 aromatic rings. The monoisotopic (exact) mass is 265 g/mol. The van der Waals surface area contributed by atoms with Gasteiger partial charge in [-0.3, -0.25) is 9.48 Å². The largest absolute Gasteiger partial charge is 0.493 e. The minimum absolute atomic E-state index is 0.185. The highest BCUT2D eigenvalue weighted by molar-refractivity contribution is 6.30. The van der Waals surface area contributed by atoms with E-state index in [4.69, 9.17) is 16.3 Å². The van der Waals surface area contributed by atoms with Crippen molar-refractivity contribution in [1.82, 2.24) is 14.8 Å². The van der Waals surface area contributed by atoms with E-state index in [0.717, 1.165) is 0 Å². The van der Waals surface area contributed by atoms with Crippen LogP contribution in [0.15, 0.2) is 24.5 Å². The van der Waals surface area contributed by atoms with Gasteiger partial charge in [-0.2, -0.15) is 5.10 Å². The summed E-state index contributed by atoms with van der Waals surface area (Å²) < 4.78 is 6.74. The Morgan fingerprint density at radius 3 is 2.94 bits per heavy atom. The summed E-state index contributed by atoms with van der Waals surface area (Å²) in [7, 11) is 1.51. The fourth-order valence-corrected chi connectivity index (χ4v) is 1.84. The van der Waals surface area contributed by atoms with Gasteiger partial charge in [-0.05, 0) is 19.1 Å². The first kappa shape index (κ1) is 12.6. The van der Waals surface area contributed by atoms with E-state index in [2.05, 4.69) is 10.1 Å². The van der Waals surface area contributed by atoms with Gasteiger partial charge in [-0.25, -0.2) is 4.98 Å². The molecule has 0 N–H and O–H groups in total. The first-order valence-electron chi connectivity index (χ1n) is 5.43. The summed E-state index contributed by atoms with van der Waals surface area (Å²) in [6, 6.07) is 3.14. The van der Waals surface area contributed by atoms with E-state index in [0.29, 0.717) is 23.6 Å². The predicted octanol–water partition coefficient (Wildman–Crippen LogP) is 2.19. The number of ketones is 1. The number of carbonyl (C=O) groups excluding carboxylic acids is 1. The van der Waals surface area contributed by atoms with Gasteiger partial charge in [0.1, 0.15) is 5.15 Å².